The minimum atomic E-state index is -4.41. The van der Waals surface area contributed by atoms with Gasteiger partial charge < -0.3 is 10.5 Å². The largest absolute Gasteiger partial charge is 0.490 e. The molecule has 2 N–H and O–H groups in total. The SMILES string of the molecule is NCC1CC(Oc2ccc(Br)cc2C(F)(F)F)C1. The van der Waals surface area contributed by atoms with E-state index in [1.165, 1.54) is 6.07 Å². The lowest BCUT2D eigenvalue weighted by Crippen LogP contribution is -2.38. The van der Waals surface area contributed by atoms with Crippen molar-refractivity contribution in [2.45, 2.75) is 25.1 Å². The maximum Gasteiger partial charge on any atom is 0.420 e. The maximum atomic E-state index is 12.8. The van der Waals surface area contributed by atoms with Crippen molar-refractivity contribution in [2.75, 3.05) is 6.54 Å². The molecule has 0 atom stereocenters. The Morgan fingerprint density at radius 2 is 2.00 bits per heavy atom. The topological polar surface area (TPSA) is 35.2 Å². The fourth-order valence-corrected chi connectivity index (χ4v) is 2.33. The fourth-order valence-electron chi connectivity index (χ4n) is 1.97. The summed E-state index contributed by atoms with van der Waals surface area (Å²) in [5.74, 6) is 0.269. The monoisotopic (exact) mass is 323 g/mol. The van der Waals surface area contributed by atoms with E-state index in [0.29, 0.717) is 16.9 Å². The molecule has 1 fully saturated rings. The number of nitrogens with two attached hydrogens (primary N) is 1. The molecule has 6 heteroatoms. The average molecular weight is 324 g/mol. The van der Waals surface area contributed by atoms with Crippen molar-refractivity contribution in [2.24, 2.45) is 11.7 Å². The highest BCUT2D eigenvalue weighted by Crippen LogP contribution is 2.40. The van der Waals surface area contributed by atoms with Crippen LogP contribution in [0.15, 0.2) is 22.7 Å². The van der Waals surface area contributed by atoms with Crippen molar-refractivity contribution in [3.05, 3.63) is 28.2 Å². The highest BCUT2D eigenvalue weighted by molar-refractivity contribution is 9.10. The van der Waals surface area contributed by atoms with E-state index in [1.807, 2.05) is 0 Å². The van der Waals surface area contributed by atoms with Gasteiger partial charge >= 0.3 is 6.18 Å². The molecule has 2 rings (SSSR count). The van der Waals surface area contributed by atoms with Crippen LogP contribution in [0, 0.1) is 5.92 Å². The second-order valence-electron chi connectivity index (χ2n) is 4.45. The van der Waals surface area contributed by atoms with E-state index in [2.05, 4.69) is 15.9 Å². The third-order valence-corrected chi connectivity index (χ3v) is 3.56. The Hall–Kier alpha value is -0.750. The van der Waals surface area contributed by atoms with Crippen molar-refractivity contribution in [3.63, 3.8) is 0 Å². The minimum absolute atomic E-state index is 0.105. The van der Waals surface area contributed by atoms with Crippen LogP contribution in [0.5, 0.6) is 5.75 Å². The number of rotatable bonds is 3. The third-order valence-electron chi connectivity index (χ3n) is 3.07. The van der Waals surface area contributed by atoms with Gasteiger partial charge in [0.1, 0.15) is 5.75 Å². The lowest BCUT2D eigenvalue weighted by molar-refractivity contribution is -0.139. The molecule has 0 radical (unpaired) electrons. The first kappa shape index (κ1) is 13.7. The quantitative estimate of drug-likeness (QED) is 0.922. The molecule has 1 aliphatic carbocycles. The molecule has 0 bridgehead atoms. The molecule has 0 unspecified atom stereocenters. The smallest absolute Gasteiger partial charge is 0.420 e. The number of hydrogen-bond acceptors (Lipinski definition) is 2. The fraction of sp³-hybridized carbons (Fsp3) is 0.500. The number of alkyl halides is 3. The van der Waals surface area contributed by atoms with Crippen LogP contribution in [0.3, 0.4) is 0 Å². The lowest BCUT2D eigenvalue weighted by atomic mass is 9.82. The number of halogens is 4. The molecule has 2 nitrogen and oxygen atoms in total. The molecule has 0 amide bonds. The van der Waals surface area contributed by atoms with Gasteiger partial charge in [0.25, 0.3) is 0 Å². The Morgan fingerprint density at radius 3 is 2.56 bits per heavy atom. The Bertz CT molecular complexity index is 430. The molecule has 0 aliphatic heterocycles. The first-order chi connectivity index (χ1) is 8.40. The first-order valence-corrected chi connectivity index (χ1v) is 6.43. The second-order valence-corrected chi connectivity index (χ2v) is 5.37. The molecule has 0 heterocycles. The predicted octanol–water partition coefficient (Wildman–Crippen LogP) is 3.58. The molecule has 0 aromatic heterocycles. The Balaban J connectivity index is 2.13. The first-order valence-electron chi connectivity index (χ1n) is 5.63. The molecule has 0 spiro atoms. The molecule has 1 aromatic carbocycles. The van der Waals surface area contributed by atoms with E-state index in [0.717, 1.165) is 18.9 Å². The Labute approximate surface area is 111 Å². The Morgan fingerprint density at radius 1 is 1.33 bits per heavy atom. The van der Waals surface area contributed by atoms with Crippen molar-refractivity contribution in [1.29, 1.82) is 0 Å². The molecule has 1 saturated carbocycles. The number of hydrogen-bond donors (Lipinski definition) is 1. The standard InChI is InChI=1S/C12H13BrF3NO/c13-8-1-2-11(10(5-8)12(14,15)16)18-9-3-7(4-9)6-17/h1-2,5,7,9H,3-4,6,17H2. The second kappa shape index (κ2) is 5.09. The minimum Gasteiger partial charge on any atom is -0.490 e. The molecule has 1 aromatic rings. The van der Waals surface area contributed by atoms with Crippen molar-refractivity contribution in [1.82, 2.24) is 0 Å². The van der Waals surface area contributed by atoms with E-state index in [4.69, 9.17) is 10.5 Å². The molecule has 100 valence electrons. The summed E-state index contributed by atoms with van der Waals surface area (Å²) < 4.78 is 44.3. The van der Waals surface area contributed by atoms with Crippen LogP contribution in [0.2, 0.25) is 0 Å². The van der Waals surface area contributed by atoms with Crippen LogP contribution in [-0.2, 0) is 6.18 Å². The van der Waals surface area contributed by atoms with Gasteiger partial charge in [0.2, 0.25) is 0 Å². The maximum absolute atomic E-state index is 12.8. The van der Waals surface area contributed by atoms with Crippen LogP contribution in [-0.4, -0.2) is 12.6 Å². The highest BCUT2D eigenvalue weighted by Gasteiger charge is 2.37. The third kappa shape index (κ3) is 2.98. The van der Waals surface area contributed by atoms with Gasteiger partial charge in [0.05, 0.1) is 11.7 Å². The van der Waals surface area contributed by atoms with E-state index in [9.17, 15) is 13.2 Å². The van der Waals surface area contributed by atoms with Gasteiger partial charge in [-0.15, -0.1) is 0 Å². The zero-order valence-electron chi connectivity index (χ0n) is 9.51. The lowest BCUT2D eigenvalue weighted by Gasteiger charge is -2.35. The van der Waals surface area contributed by atoms with Crippen molar-refractivity contribution < 1.29 is 17.9 Å². The normalized spacial score (nSPS) is 23.6. The zero-order chi connectivity index (χ0) is 13.3. The van der Waals surface area contributed by atoms with E-state index in [1.54, 1.807) is 6.07 Å². The van der Waals surface area contributed by atoms with Gasteiger partial charge in [-0.2, -0.15) is 13.2 Å². The van der Waals surface area contributed by atoms with Gasteiger partial charge in [-0.05, 0) is 43.5 Å². The molecular weight excluding hydrogens is 311 g/mol. The van der Waals surface area contributed by atoms with Gasteiger partial charge in [-0.25, -0.2) is 0 Å². The summed E-state index contributed by atoms with van der Waals surface area (Å²) in [6, 6.07) is 3.93. The van der Waals surface area contributed by atoms with Gasteiger partial charge in [0.15, 0.2) is 0 Å². The van der Waals surface area contributed by atoms with E-state index >= 15 is 0 Å². The molecule has 18 heavy (non-hydrogen) atoms. The van der Waals surface area contributed by atoms with Crippen LogP contribution in [0.25, 0.3) is 0 Å². The highest BCUT2D eigenvalue weighted by atomic mass is 79.9. The summed E-state index contributed by atoms with van der Waals surface area (Å²) in [5.41, 5.74) is 4.72. The van der Waals surface area contributed by atoms with Crippen LogP contribution < -0.4 is 10.5 Å². The van der Waals surface area contributed by atoms with Crippen LogP contribution in [0.1, 0.15) is 18.4 Å². The summed E-state index contributed by atoms with van der Waals surface area (Å²) in [7, 11) is 0. The number of benzene rings is 1. The van der Waals surface area contributed by atoms with E-state index < -0.39 is 11.7 Å². The van der Waals surface area contributed by atoms with Crippen molar-refractivity contribution in [3.8, 4) is 5.75 Å². The predicted molar refractivity (Wildman–Crippen MR) is 65.3 cm³/mol. The molecular formula is C12H13BrF3NO. The molecule has 1 aliphatic rings. The summed E-state index contributed by atoms with van der Waals surface area (Å²) in [6.45, 7) is 0.562. The van der Waals surface area contributed by atoms with Crippen LogP contribution >= 0.6 is 15.9 Å². The number of ether oxygens (including phenoxy) is 1. The van der Waals surface area contributed by atoms with E-state index in [-0.39, 0.29) is 11.9 Å². The summed E-state index contributed by atoms with van der Waals surface area (Å²) in [4.78, 5) is 0. The Kier molecular flexibility index (Phi) is 3.87. The summed E-state index contributed by atoms with van der Waals surface area (Å²) in [6.07, 6.45) is -3.11. The van der Waals surface area contributed by atoms with Crippen molar-refractivity contribution >= 4 is 15.9 Å². The van der Waals surface area contributed by atoms with Crippen LogP contribution in [0.4, 0.5) is 13.2 Å². The van der Waals surface area contributed by atoms with Gasteiger partial charge in [-0.1, -0.05) is 15.9 Å². The van der Waals surface area contributed by atoms with Gasteiger partial charge in [-0.3, -0.25) is 0 Å². The van der Waals surface area contributed by atoms with Gasteiger partial charge in [0, 0.05) is 4.47 Å². The molecule has 0 saturated heterocycles. The average Bonchev–Trinajstić information content (AvgIpc) is 2.23. The zero-order valence-corrected chi connectivity index (χ0v) is 11.1. The summed E-state index contributed by atoms with van der Waals surface area (Å²) >= 11 is 3.03. The summed E-state index contributed by atoms with van der Waals surface area (Å²) in [5, 5.41) is 0.